The lowest BCUT2D eigenvalue weighted by molar-refractivity contribution is -0.133. The van der Waals surface area contributed by atoms with E-state index < -0.39 is 52.4 Å². The highest BCUT2D eigenvalue weighted by molar-refractivity contribution is 7.80. The molecule has 28 heavy (non-hydrogen) atoms. The maximum atomic E-state index is 12.4. The largest absolute Gasteiger partial charge is 0.418 e. The summed E-state index contributed by atoms with van der Waals surface area (Å²) in [4.78, 5) is 50.5. The van der Waals surface area contributed by atoms with Crippen LogP contribution in [0.3, 0.4) is 0 Å². The third kappa shape index (κ3) is 3.95. The first-order chi connectivity index (χ1) is 13.1. The van der Waals surface area contributed by atoms with Gasteiger partial charge in [-0.2, -0.15) is 13.5 Å². The van der Waals surface area contributed by atoms with Gasteiger partial charge in [-0.1, -0.05) is 0 Å². The molecule has 3 fully saturated rings. The molecular weight excluding hydrogens is 400 g/mol. The number of piperidine rings is 1. The van der Waals surface area contributed by atoms with E-state index in [1.54, 1.807) is 0 Å². The lowest BCUT2D eigenvalue weighted by atomic mass is 10.0. The first-order valence-electron chi connectivity index (χ1n) is 8.51. The zero-order valence-electron chi connectivity index (χ0n) is 14.6. The number of carbonyl (C=O) groups excluding carboxylic acids is 4. The maximum Gasteiger partial charge on any atom is 0.418 e. The third-order valence-electron chi connectivity index (χ3n) is 4.95. The van der Waals surface area contributed by atoms with Crippen molar-refractivity contribution in [2.45, 2.75) is 43.8 Å². The predicted octanol–water partition coefficient (Wildman–Crippen LogP) is -2.32. The Morgan fingerprint density at radius 3 is 2.36 bits per heavy atom. The topological polar surface area (TPSA) is 192 Å². The van der Waals surface area contributed by atoms with Crippen molar-refractivity contribution < 1.29 is 36.4 Å². The van der Waals surface area contributed by atoms with Crippen molar-refractivity contribution in [3.63, 3.8) is 0 Å². The summed E-state index contributed by atoms with van der Waals surface area (Å²) in [6.07, 6.45) is 1.45. The van der Waals surface area contributed by atoms with Crippen molar-refractivity contribution in [1.29, 1.82) is 0 Å². The molecule has 0 spiro atoms. The Balaban J connectivity index is 1.58. The van der Waals surface area contributed by atoms with E-state index in [2.05, 4.69) is 15.1 Å². The second-order valence-electron chi connectivity index (χ2n) is 6.68. The highest BCUT2D eigenvalue weighted by Gasteiger charge is 2.49. The average Bonchev–Trinajstić information content (AvgIpc) is 3.19. The molecule has 3 saturated heterocycles. The zero-order valence-corrected chi connectivity index (χ0v) is 15.4. The number of nitrogens with two attached hydrogens (primary N) is 1. The molecule has 0 aromatic heterocycles. The molecule has 0 unspecified atom stereocenters. The molecule has 0 radical (unpaired) electrons. The predicted molar refractivity (Wildman–Crippen MR) is 89.0 cm³/mol. The molecule has 2 bridgehead atoms. The SMILES string of the molecule is NC(=O)N1CCC[C@H]1C(=O)NNC(=O)[C@@H]1CC[C@H]2CN1C(=O)N2OS(=O)(=O)O. The first kappa shape index (κ1) is 20.1. The molecule has 0 aromatic rings. The van der Waals surface area contributed by atoms with Crippen molar-refractivity contribution in [3.8, 4) is 0 Å². The zero-order chi connectivity index (χ0) is 20.6. The lowest BCUT2D eigenvalue weighted by Gasteiger charge is -2.29. The fourth-order valence-electron chi connectivity index (χ4n) is 3.70. The summed E-state index contributed by atoms with van der Waals surface area (Å²) in [5, 5.41) is 0.518. The van der Waals surface area contributed by atoms with Crippen molar-refractivity contribution in [3.05, 3.63) is 0 Å². The van der Waals surface area contributed by atoms with E-state index in [1.807, 2.05) is 0 Å². The Bertz CT molecular complexity index is 803. The number of nitrogens with one attached hydrogen (secondary N) is 2. The standard InChI is InChI=1S/C13H20N6O8S/c14-12(22)17-5-1-2-8(17)10(20)15-16-11(21)9-4-3-7-6-18(9)13(23)19(7)27-28(24,25)26/h7-9H,1-6H2,(H2,14,22)(H,15,20)(H,16,21)(H,24,25,26)/t7-,8-,9-/m0/s1. The minimum absolute atomic E-state index is 0.0263. The Morgan fingerprint density at radius 2 is 1.75 bits per heavy atom. The van der Waals surface area contributed by atoms with Crippen molar-refractivity contribution >= 4 is 34.3 Å². The molecule has 156 valence electrons. The van der Waals surface area contributed by atoms with E-state index in [0.717, 1.165) is 4.90 Å². The molecule has 3 aliphatic heterocycles. The van der Waals surface area contributed by atoms with Gasteiger partial charge < -0.3 is 15.5 Å². The minimum Gasteiger partial charge on any atom is -0.351 e. The Kier molecular flexibility index (Phi) is 5.31. The molecule has 3 atom stereocenters. The van der Waals surface area contributed by atoms with Gasteiger partial charge in [0.15, 0.2) is 0 Å². The van der Waals surface area contributed by atoms with Crippen LogP contribution in [0, 0.1) is 0 Å². The molecule has 6 amide bonds. The van der Waals surface area contributed by atoms with Crippen LogP contribution in [0.1, 0.15) is 25.7 Å². The van der Waals surface area contributed by atoms with Crippen LogP contribution in [-0.2, 0) is 24.3 Å². The molecule has 0 saturated carbocycles. The van der Waals surface area contributed by atoms with E-state index >= 15 is 0 Å². The molecule has 3 rings (SSSR count). The number of hydrogen-bond acceptors (Lipinski definition) is 7. The second kappa shape index (κ2) is 7.40. The highest BCUT2D eigenvalue weighted by Crippen LogP contribution is 2.30. The molecule has 14 nitrogen and oxygen atoms in total. The molecule has 0 aliphatic carbocycles. The number of primary amides is 1. The Labute approximate surface area is 159 Å². The number of nitrogens with zero attached hydrogens (tertiary/aromatic N) is 3. The van der Waals surface area contributed by atoms with E-state index in [4.69, 9.17) is 10.3 Å². The van der Waals surface area contributed by atoms with Crippen LogP contribution in [0.2, 0.25) is 0 Å². The number of urea groups is 2. The van der Waals surface area contributed by atoms with Crippen LogP contribution in [0.4, 0.5) is 9.59 Å². The molecular formula is C13H20N6O8S. The van der Waals surface area contributed by atoms with Gasteiger partial charge in [0, 0.05) is 13.1 Å². The van der Waals surface area contributed by atoms with E-state index in [1.165, 1.54) is 4.90 Å². The molecule has 0 aromatic carbocycles. The summed E-state index contributed by atoms with van der Waals surface area (Å²) < 4.78 is 34.8. The van der Waals surface area contributed by atoms with E-state index in [9.17, 15) is 27.6 Å². The van der Waals surface area contributed by atoms with Crippen LogP contribution in [0.15, 0.2) is 0 Å². The summed E-state index contributed by atoms with van der Waals surface area (Å²) in [6, 6.07) is -4.00. The summed E-state index contributed by atoms with van der Waals surface area (Å²) in [5.41, 5.74) is 9.65. The average molecular weight is 420 g/mol. The van der Waals surface area contributed by atoms with Crippen LogP contribution in [0.25, 0.3) is 0 Å². The van der Waals surface area contributed by atoms with Crippen molar-refractivity contribution in [1.82, 2.24) is 25.7 Å². The number of amides is 6. The Morgan fingerprint density at radius 1 is 1.11 bits per heavy atom. The monoisotopic (exact) mass is 420 g/mol. The van der Waals surface area contributed by atoms with Gasteiger partial charge in [0.25, 0.3) is 11.8 Å². The van der Waals surface area contributed by atoms with Crippen molar-refractivity contribution in [2.75, 3.05) is 13.1 Å². The van der Waals surface area contributed by atoms with Gasteiger partial charge in [0.05, 0.1) is 6.04 Å². The van der Waals surface area contributed by atoms with Crippen LogP contribution >= 0.6 is 0 Å². The number of hydrogen-bond donors (Lipinski definition) is 4. The van der Waals surface area contributed by atoms with Crippen LogP contribution in [0.5, 0.6) is 0 Å². The Hall–Kier alpha value is -2.65. The van der Waals surface area contributed by atoms with E-state index in [0.29, 0.717) is 24.4 Å². The van der Waals surface area contributed by atoms with Gasteiger partial charge in [-0.05, 0) is 25.7 Å². The summed E-state index contributed by atoms with van der Waals surface area (Å²) >= 11 is 0. The van der Waals surface area contributed by atoms with Gasteiger partial charge >= 0.3 is 22.5 Å². The van der Waals surface area contributed by atoms with Gasteiger partial charge in [-0.25, -0.2) is 9.59 Å². The number of likely N-dealkylation sites (tertiary alicyclic amines) is 1. The van der Waals surface area contributed by atoms with Crippen molar-refractivity contribution in [2.24, 2.45) is 5.73 Å². The summed E-state index contributed by atoms with van der Waals surface area (Å²) in [5.74, 6) is -1.29. The molecule has 3 heterocycles. The van der Waals surface area contributed by atoms with E-state index in [-0.39, 0.29) is 19.4 Å². The number of hydrazine groups is 1. The van der Waals surface area contributed by atoms with Crippen LogP contribution < -0.4 is 16.6 Å². The fraction of sp³-hybridized carbons (Fsp3) is 0.692. The third-order valence-corrected chi connectivity index (χ3v) is 5.30. The second-order valence-corrected chi connectivity index (χ2v) is 7.68. The number of carbonyl (C=O) groups is 4. The number of fused-ring (bicyclic) bond motifs is 2. The van der Waals surface area contributed by atoms with Crippen LogP contribution in [-0.4, -0.2) is 82.9 Å². The summed E-state index contributed by atoms with van der Waals surface area (Å²) in [6.45, 7) is 0.371. The van der Waals surface area contributed by atoms with Gasteiger partial charge in [-0.3, -0.25) is 25.0 Å². The number of rotatable bonds is 4. The van der Waals surface area contributed by atoms with Gasteiger partial charge in [0.2, 0.25) is 0 Å². The number of hydroxylamine groups is 2. The minimum atomic E-state index is -4.88. The van der Waals surface area contributed by atoms with Gasteiger partial charge in [-0.15, -0.1) is 4.28 Å². The fourth-order valence-corrected chi connectivity index (χ4v) is 4.09. The summed E-state index contributed by atoms with van der Waals surface area (Å²) in [7, 11) is -4.88. The lowest BCUT2D eigenvalue weighted by Crippen LogP contribution is -2.57. The first-order valence-corrected chi connectivity index (χ1v) is 9.87. The highest BCUT2D eigenvalue weighted by atomic mass is 32.3. The normalized spacial score (nSPS) is 27.1. The smallest absolute Gasteiger partial charge is 0.351 e. The quantitative estimate of drug-likeness (QED) is 0.287. The molecule has 15 heteroatoms. The molecule has 3 aliphatic rings. The molecule has 5 N–H and O–H groups in total. The van der Waals surface area contributed by atoms with Gasteiger partial charge in [0.1, 0.15) is 12.1 Å². The maximum absolute atomic E-state index is 12.4.